The van der Waals surface area contributed by atoms with Crippen LogP contribution in [0.4, 0.5) is 11.4 Å². The summed E-state index contributed by atoms with van der Waals surface area (Å²) < 4.78 is 5.37. The van der Waals surface area contributed by atoms with Gasteiger partial charge in [0.25, 0.3) is 5.91 Å². The lowest BCUT2D eigenvalue weighted by molar-refractivity contribution is -0.118. The van der Waals surface area contributed by atoms with E-state index in [1.807, 2.05) is 30.3 Å². The minimum atomic E-state index is -0.518. The van der Waals surface area contributed by atoms with E-state index in [1.54, 1.807) is 18.2 Å². The Kier molecular flexibility index (Phi) is 3.57. The van der Waals surface area contributed by atoms with E-state index in [0.29, 0.717) is 34.8 Å². The summed E-state index contributed by atoms with van der Waals surface area (Å²) in [4.78, 5) is 35.3. The molecule has 2 N–H and O–H groups in total. The molecule has 124 valence electrons. The Morgan fingerprint density at radius 2 is 1.80 bits per heavy atom. The van der Waals surface area contributed by atoms with Crippen molar-refractivity contribution < 1.29 is 9.53 Å². The van der Waals surface area contributed by atoms with Gasteiger partial charge in [0.15, 0.2) is 6.61 Å². The molecule has 0 bridgehead atoms. The number of benzene rings is 2. The van der Waals surface area contributed by atoms with Gasteiger partial charge >= 0.3 is 0 Å². The van der Waals surface area contributed by atoms with Gasteiger partial charge in [-0.2, -0.15) is 0 Å². The molecule has 0 fully saturated rings. The number of fused-ring (bicyclic) bond motifs is 1. The second-order valence-corrected chi connectivity index (χ2v) is 5.80. The highest BCUT2D eigenvalue weighted by molar-refractivity contribution is 5.96. The predicted octanol–water partition coefficient (Wildman–Crippen LogP) is 1.89. The predicted molar refractivity (Wildman–Crippen MR) is 94.7 cm³/mol. The van der Waals surface area contributed by atoms with Gasteiger partial charge in [-0.1, -0.05) is 36.4 Å². The zero-order chi connectivity index (χ0) is 17.4. The molecule has 6 heteroatoms. The van der Waals surface area contributed by atoms with E-state index in [-0.39, 0.29) is 12.5 Å². The lowest BCUT2D eigenvalue weighted by atomic mass is 9.97. The lowest BCUT2D eigenvalue weighted by Gasteiger charge is -2.19. The number of rotatable bonds is 4. The van der Waals surface area contributed by atoms with Crippen LogP contribution in [0, 0.1) is 0 Å². The Morgan fingerprint density at radius 1 is 1.00 bits per heavy atom. The molecule has 1 aliphatic heterocycles. The minimum absolute atomic E-state index is 0.0680. The Bertz CT molecular complexity index is 1030. The molecule has 0 atom stereocenters. The maximum absolute atomic E-state index is 12.0. The highest BCUT2D eigenvalue weighted by atomic mass is 16.5. The molecule has 1 aliphatic rings. The van der Waals surface area contributed by atoms with Crippen molar-refractivity contribution in [3.8, 4) is 16.9 Å². The van der Waals surface area contributed by atoms with Crippen molar-refractivity contribution in [3.05, 3.63) is 74.5 Å². The third kappa shape index (κ3) is 2.67. The average Bonchev–Trinajstić information content (AvgIpc) is 2.65. The smallest absolute Gasteiger partial charge is 0.262 e. The summed E-state index contributed by atoms with van der Waals surface area (Å²) in [5.41, 5.74) is 1.79. The van der Waals surface area contributed by atoms with Crippen LogP contribution in [-0.4, -0.2) is 12.5 Å². The fourth-order valence-electron chi connectivity index (χ4n) is 2.85. The van der Waals surface area contributed by atoms with Crippen LogP contribution in [0.1, 0.15) is 5.56 Å². The fourth-order valence-corrected chi connectivity index (χ4v) is 2.85. The Hall–Kier alpha value is -3.41. The molecule has 6 nitrogen and oxygen atoms in total. The molecule has 1 amide bonds. The summed E-state index contributed by atoms with van der Waals surface area (Å²) in [5, 5.41) is 5.74. The second kappa shape index (κ2) is 5.90. The SMILES string of the molecule is O=C1COc2cc(-c3c(NCc4ccccc4)c(=O)c3=O)ccc2N1. The first kappa shape index (κ1) is 15.1. The number of ether oxygens (including phenoxy) is 1. The van der Waals surface area contributed by atoms with Crippen LogP contribution in [0.3, 0.4) is 0 Å². The molecular formula is C19H14N2O4. The Balaban J connectivity index is 1.63. The summed E-state index contributed by atoms with van der Waals surface area (Å²) in [5.74, 6) is 0.263. The third-order valence-electron chi connectivity index (χ3n) is 4.13. The molecule has 1 heterocycles. The number of nitrogens with one attached hydrogen (secondary N) is 2. The number of hydrogen-bond donors (Lipinski definition) is 2. The van der Waals surface area contributed by atoms with Crippen LogP contribution >= 0.6 is 0 Å². The highest BCUT2D eigenvalue weighted by Gasteiger charge is 2.24. The van der Waals surface area contributed by atoms with Crippen molar-refractivity contribution in [1.82, 2.24) is 0 Å². The van der Waals surface area contributed by atoms with Crippen molar-refractivity contribution >= 4 is 17.3 Å². The van der Waals surface area contributed by atoms with Gasteiger partial charge in [-0.15, -0.1) is 0 Å². The molecule has 0 radical (unpaired) electrons. The minimum Gasteiger partial charge on any atom is -0.482 e. The molecule has 0 unspecified atom stereocenters. The molecule has 25 heavy (non-hydrogen) atoms. The molecule has 4 rings (SSSR count). The number of hydrogen-bond acceptors (Lipinski definition) is 5. The Morgan fingerprint density at radius 3 is 2.60 bits per heavy atom. The lowest BCUT2D eigenvalue weighted by Crippen LogP contribution is -2.36. The third-order valence-corrected chi connectivity index (χ3v) is 4.13. The summed E-state index contributed by atoms with van der Waals surface area (Å²) >= 11 is 0. The van der Waals surface area contributed by atoms with Gasteiger partial charge in [-0.25, -0.2) is 0 Å². The van der Waals surface area contributed by atoms with E-state index in [9.17, 15) is 14.4 Å². The van der Waals surface area contributed by atoms with Crippen molar-refractivity contribution in [1.29, 1.82) is 0 Å². The van der Waals surface area contributed by atoms with Crippen molar-refractivity contribution in [2.24, 2.45) is 0 Å². The van der Waals surface area contributed by atoms with Crippen LogP contribution < -0.4 is 26.2 Å². The molecule has 0 aromatic heterocycles. The van der Waals surface area contributed by atoms with Crippen LogP contribution in [0.2, 0.25) is 0 Å². The van der Waals surface area contributed by atoms with Gasteiger partial charge in [0.2, 0.25) is 10.9 Å². The van der Waals surface area contributed by atoms with E-state index in [0.717, 1.165) is 5.56 Å². The molecule has 3 aromatic rings. The average molecular weight is 334 g/mol. The van der Waals surface area contributed by atoms with Crippen LogP contribution in [0.25, 0.3) is 11.1 Å². The Labute approximate surface area is 142 Å². The summed E-state index contributed by atoms with van der Waals surface area (Å²) in [6, 6.07) is 14.6. The normalized spacial score (nSPS) is 13.0. The topological polar surface area (TPSA) is 84.5 Å². The molecule has 0 spiro atoms. The van der Waals surface area contributed by atoms with Crippen molar-refractivity contribution in [3.63, 3.8) is 0 Å². The zero-order valence-corrected chi connectivity index (χ0v) is 13.2. The number of carbonyl (C=O) groups is 1. The van der Waals surface area contributed by atoms with E-state index < -0.39 is 10.9 Å². The highest BCUT2D eigenvalue weighted by Crippen LogP contribution is 2.34. The standard InChI is InChI=1S/C19H14N2O4/c22-15-10-25-14-8-12(6-7-13(14)21-15)16-17(19(24)18(16)23)20-9-11-4-2-1-3-5-11/h1-8,20H,9-10H2,(H,21,22). The van der Waals surface area contributed by atoms with E-state index >= 15 is 0 Å². The fraction of sp³-hybridized carbons (Fsp3) is 0.105. The van der Waals surface area contributed by atoms with E-state index in [2.05, 4.69) is 10.6 Å². The maximum atomic E-state index is 12.0. The molecule has 3 aromatic carbocycles. The first-order valence-electron chi connectivity index (χ1n) is 7.81. The summed E-state index contributed by atoms with van der Waals surface area (Å²) in [6.45, 7) is 0.387. The summed E-state index contributed by atoms with van der Waals surface area (Å²) in [7, 11) is 0. The van der Waals surface area contributed by atoms with Gasteiger partial charge in [-0.05, 0) is 23.3 Å². The van der Waals surface area contributed by atoms with Gasteiger partial charge in [0, 0.05) is 6.54 Å². The van der Waals surface area contributed by atoms with E-state index in [4.69, 9.17) is 4.74 Å². The number of anilines is 2. The molecule has 0 saturated heterocycles. The maximum Gasteiger partial charge on any atom is 0.262 e. The van der Waals surface area contributed by atoms with Gasteiger partial charge in [0.05, 0.1) is 16.9 Å². The molecule has 0 aliphatic carbocycles. The van der Waals surface area contributed by atoms with Crippen LogP contribution in [0.5, 0.6) is 5.75 Å². The van der Waals surface area contributed by atoms with E-state index in [1.165, 1.54) is 0 Å². The second-order valence-electron chi connectivity index (χ2n) is 5.80. The largest absolute Gasteiger partial charge is 0.482 e. The zero-order valence-electron chi connectivity index (χ0n) is 13.2. The molecule has 0 saturated carbocycles. The van der Waals surface area contributed by atoms with Gasteiger partial charge in [0.1, 0.15) is 5.75 Å². The van der Waals surface area contributed by atoms with Gasteiger partial charge in [-0.3, -0.25) is 14.4 Å². The van der Waals surface area contributed by atoms with Crippen LogP contribution in [0.15, 0.2) is 58.1 Å². The van der Waals surface area contributed by atoms with Gasteiger partial charge < -0.3 is 15.4 Å². The quantitative estimate of drug-likeness (QED) is 0.712. The summed E-state index contributed by atoms with van der Waals surface area (Å²) in [6.07, 6.45) is 0. The van der Waals surface area contributed by atoms with Crippen molar-refractivity contribution in [2.75, 3.05) is 17.2 Å². The molecular weight excluding hydrogens is 320 g/mol. The monoisotopic (exact) mass is 334 g/mol. The first-order chi connectivity index (χ1) is 12.1. The number of amides is 1. The first-order valence-corrected chi connectivity index (χ1v) is 7.81. The number of carbonyl (C=O) groups excluding carboxylic acids is 1. The van der Waals surface area contributed by atoms with Crippen LogP contribution in [-0.2, 0) is 11.3 Å². The van der Waals surface area contributed by atoms with Crippen molar-refractivity contribution in [2.45, 2.75) is 6.54 Å².